The van der Waals surface area contributed by atoms with Gasteiger partial charge in [0, 0.05) is 12.1 Å². The average molecular weight is 236 g/mol. The second-order valence-corrected chi connectivity index (χ2v) is 5.21. The second-order valence-electron chi connectivity index (χ2n) is 5.21. The largest absolute Gasteiger partial charge is 0.468 e. The number of hydrogen-bond donors (Lipinski definition) is 1. The number of nitrogens with zero attached hydrogens (tertiary/aromatic N) is 1. The van der Waals surface area contributed by atoms with Crippen molar-refractivity contribution < 1.29 is 4.42 Å². The van der Waals surface area contributed by atoms with Gasteiger partial charge in [-0.2, -0.15) is 0 Å². The van der Waals surface area contributed by atoms with Crippen LogP contribution in [0.1, 0.15) is 37.5 Å². The van der Waals surface area contributed by atoms with Gasteiger partial charge in [-0.15, -0.1) is 0 Å². The summed E-state index contributed by atoms with van der Waals surface area (Å²) < 4.78 is 5.51. The lowest BCUT2D eigenvalue weighted by molar-refractivity contribution is 0.271. The van der Waals surface area contributed by atoms with Crippen LogP contribution in [0.4, 0.5) is 0 Å². The monoisotopic (exact) mass is 236 g/mol. The van der Waals surface area contributed by atoms with Crippen molar-refractivity contribution in [2.45, 2.75) is 39.3 Å². The first-order valence-corrected chi connectivity index (χ1v) is 6.72. The van der Waals surface area contributed by atoms with Crippen molar-refractivity contribution in [3.05, 3.63) is 23.7 Å². The van der Waals surface area contributed by atoms with Crippen LogP contribution in [-0.2, 0) is 13.1 Å². The maximum Gasteiger partial charge on any atom is 0.122 e. The van der Waals surface area contributed by atoms with E-state index in [0.29, 0.717) is 0 Å². The van der Waals surface area contributed by atoms with Crippen molar-refractivity contribution in [1.29, 1.82) is 0 Å². The van der Waals surface area contributed by atoms with E-state index in [1.807, 2.05) is 13.3 Å². The smallest absolute Gasteiger partial charge is 0.122 e. The van der Waals surface area contributed by atoms with Crippen LogP contribution in [0.15, 0.2) is 16.7 Å². The van der Waals surface area contributed by atoms with Gasteiger partial charge in [0.2, 0.25) is 0 Å². The van der Waals surface area contributed by atoms with Crippen LogP contribution in [0, 0.1) is 5.92 Å². The van der Waals surface area contributed by atoms with E-state index < -0.39 is 0 Å². The Labute approximate surface area is 104 Å². The molecule has 0 aliphatic carbocycles. The zero-order chi connectivity index (χ0) is 12.1. The Hall–Kier alpha value is -0.800. The molecule has 3 heteroatoms. The number of likely N-dealkylation sites (tertiary alicyclic amines) is 1. The zero-order valence-electron chi connectivity index (χ0n) is 11.0. The number of hydrogen-bond acceptors (Lipinski definition) is 3. The van der Waals surface area contributed by atoms with Crippen molar-refractivity contribution in [1.82, 2.24) is 10.2 Å². The van der Waals surface area contributed by atoms with Gasteiger partial charge in [-0.05, 0) is 51.4 Å². The summed E-state index contributed by atoms with van der Waals surface area (Å²) in [7, 11) is 1.96. The molecule has 96 valence electrons. The van der Waals surface area contributed by atoms with Gasteiger partial charge >= 0.3 is 0 Å². The lowest BCUT2D eigenvalue weighted by Crippen LogP contribution is -2.24. The van der Waals surface area contributed by atoms with E-state index in [1.165, 1.54) is 37.9 Å². The van der Waals surface area contributed by atoms with E-state index in [9.17, 15) is 0 Å². The molecule has 1 aliphatic heterocycles. The van der Waals surface area contributed by atoms with E-state index in [0.717, 1.165) is 24.8 Å². The van der Waals surface area contributed by atoms with Gasteiger partial charge in [-0.1, -0.05) is 6.92 Å². The van der Waals surface area contributed by atoms with Gasteiger partial charge in [0.25, 0.3) is 0 Å². The fourth-order valence-corrected chi connectivity index (χ4v) is 2.55. The third-order valence-corrected chi connectivity index (χ3v) is 3.68. The van der Waals surface area contributed by atoms with Crippen molar-refractivity contribution in [2.24, 2.45) is 5.92 Å². The molecule has 0 saturated carbocycles. The molecule has 1 aromatic heterocycles. The molecule has 17 heavy (non-hydrogen) atoms. The fraction of sp³-hybridized carbons (Fsp3) is 0.714. The van der Waals surface area contributed by atoms with Crippen LogP contribution in [-0.4, -0.2) is 25.0 Å². The molecule has 1 saturated heterocycles. The second kappa shape index (κ2) is 6.22. The molecule has 0 amide bonds. The van der Waals surface area contributed by atoms with Crippen molar-refractivity contribution >= 4 is 0 Å². The highest BCUT2D eigenvalue weighted by Crippen LogP contribution is 2.20. The zero-order valence-corrected chi connectivity index (χ0v) is 11.0. The Bertz CT molecular complexity index is 335. The molecule has 2 rings (SSSR count). The topological polar surface area (TPSA) is 28.4 Å². The van der Waals surface area contributed by atoms with Crippen LogP contribution >= 0.6 is 0 Å². The fourth-order valence-electron chi connectivity index (χ4n) is 2.55. The Balaban J connectivity index is 1.92. The van der Waals surface area contributed by atoms with Gasteiger partial charge in [-0.25, -0.2) is 0 Å². The average Bonchev–Trinajstić information content (AvgIpc) is 2.63. The molecule has 1 N–H and O–H groups in total. The van der Waals surface area contributed by atoms with Crippen LogP contribution in [0.5, 0.6) is 0 Å². The summed E-state index contributed by atoms with van der Waals surface area (Å²) in [5.41, 5.74) is 1.34. The maximum atomic E-state index is 5.51. The summed E-state index contributed by atoms with van der Waals surface area (Å²) >= 11 is 0. The van der Waals surface area contributed by atoms with E-state index in [4.69, 9.17) is 4.42 Å². The minimum absolute atomic E-state index is 0.826. The number of rotatable bonds is 4. The molecule has 0 radical (unpaired) electrons. The minimum Gasteiger partial charge on any atom is -0.468 e. The van der Waals surface area contributed by atoms with Crippen LogP contribution < -0.4 is 5.32 Å². The van der Waals surface area contributed by atoms with Crippen molar-refractivity contribution in [3.8, 4) is 0 Å². The third-order valence-electron chi connectivity index (χ3n) is 3.68. The van der Waals surface area contributed by atoms with Gasteiger partial charge in [0.15, 0.2) is 0 Å². The first kappa shape index (κ1) is 12.7. The molecule has 1 unspecified atom stereocenters. The van der Waals surface area contributed by atoms with Crippen LogP contribution in [0.3, 0.4) is 0 Å². The Morgan fingerprint density at radius 2 is 2.29 bits per heavy atom. The first-order chi connectivity index (χ1) is 8.29. The highest BCUT2D eigenvalue weighted by Gasteiger charge is 2.15. The normalized spacial score (nSPS) is 22.6. The van der Waals surface area contributed by atoms with Gasteiger partial charge in [0.05, 0.1) is 12.8 Å². The van der Waals surface area contributed by atoms with Gasteiger partial charge in [0.1, 0.15) is 5.76 Å². The summed E-state index contributed by atoms with van der Waals surface area (Å²) in [6.07, 6.45) is 5.85. The summed E-state index contributed by atoms with van der Waals surface area (Å²) in [6.45, 7) is 6.69. The Morgan fingerprint density at radius 1 is 1.41 bits per heavy atom. The van der Waals surface area contributed by atoms with Gasteiger partial charge < -0.3 is 9.73 Å². The molecule has 0 aromatic carbocycles. The van der Waals surface area contributed by atoms with Crippen molar-refractivity contribution in [2.75, 3.05) is 20.1 Å². The highest BCUT2D eigenvalue weighted by molar-refractivity contribution is 5.16. The van der Waals surface area contributed by atoms with E-state index in [2.05, 4.69) is 23.2 Å². The first-order valence-electron chi connectivity index (χ1n) is 6.72. The predicted octanol–water partition coefficient (Wildman–Crippen LogP) is 2.62. The predicted molar refractivity (Wildman–Crippen MR) is 69.8 cm³/mol. The quantitative estimate of drug-likeness (QED) is 0.871. The summed E-state index contributed by atoms with van der Waals surface area (Å²) in [5.74, 6) is 1.98. The molecule has 2 heterocycles. The molecular weight excluding hydrogens is 212 g/mol. The Morgan fingerprint density at radius 3 is 3.12 bits per heavy atom. The van der Waals surface area contributed by atoms with E-state index in [-0.39, 0.29) is 0 Å². The molecule has 3 nitrogen and oxygen atoms in total. The number of furan rings is 1. The summed E-state index contributed by atoms with van der Waals surface area (Å²) in [4.78, 5) is 2.56. The molecule has 1 atom stereocenters. The molecular formula is C14H24N2O. The SMILES string of the molecule is CNCc1occc1CN1CCCC(C)CC1. The van der Waals surface area contributed by atoms with Crippen LogP contribution in [0.2, 0.25) is 0 Å². The molecule has 1 aliphatic rings. The summed E-state index contributed by atoms with van der Waals surface area (Å²) in [5, 5.41) is 3.15. The highest BCUT2D eigenvalue weighted by atomic mass is 16.3. The standard InChI is InChI=1S/C14H24N2O/c1-12-4-3-7-16(8-5-12)11-13-6-9-17-14(13)10-15-2/h6,9,12,15H,3-5,7-8,10-11H2,1-2H3. The third kappa shape index (κ3) is 3.58. The summed E-state index contributed by atoms with van der Waals surface area (Å²) in [6, 6.07) is 2.11. The maximum absolute atomic E-state index is 5.51. The molecule has 0 bridgehead atoms. The lowest BCUT2D eigenvalue weighted by Gasteiger charge is -2.19. The number of nitrogens with one attached hydrogen (secondary N) is 1. The van der Waals surface area contributed by atoms with Crippen molar-refractivity contribution in [3.63, 3.8) is 0 Å². The Kier molecular flexibility index (Phi) is 4.63. The molecule has 1 aromatic rings. The van der Waals surface area contributed by atoms with E-state index in [1.54, 1.807) is 0 Å². The molecule has 0 spiro atoms. The van der Waals surface area contributed by atoms with E-state index >= 15 is 0 Å². The van der Waals surface area contributed by atoms with Gasteiger partial charge in [-0.3, -0.25) is 4.90 Å². The van der Waals surface area contributed by atoms with Crippen LogP contribution in [0.25, 0.3) is 0 Å². The molecule has 1 fully saturated rings. The lowest BCUT2D eigenvalue weighted by atomic mass is 10.0. The minimum atomic E-state index is 0.826.